The van der Waals surface area contributed by atoms with Crippen LogP contribution >= 0.6 is 0 Å². The van der Waals surface area contributed by atoms with Crippen LogP contribution < -0.4 is 5.32 Å². The molecule has 0 aliphatic rings. The second-order valence-electron chi connectivity index (χ2n) is 4.75. The van der Waals surface area contributed by atoms with Gasteiger partial charge in [-0.05, 0) is 25.3 Å². The first kappa shape index (κ1) is 16.3. The molecule has 0 radical (unpaired) electrons. The molecule has 0 saturated heterocycles. The van der Waals surface area contributed by atoms with E-state index in [1.165, 1.54) is 6.92 Å². The van der Waals surface area contributed by atoms with Crippen LogP contribution in [0.4, 0.5) is 0 Å². The van der Waals surface area contributed by atoms with Crippen molar-refractivity contribution in [2.75, 3.05) is 6.61 Å². The summed E-state index contributed by atoms with van der Waals surface area (Å²) in [6.07, 6.45) is 0.696. The SMILES string of the molecule is C[C@@H](O)[C@H](NC(=O)CCCc1ccccc1)C(=O)CO. The number of hydrogen-bond acceptors (Lipinski definition) is 4. The summed E-state index contributed by atoms with van der Waals surface area (Å²) in [5, 5.41) is 20.7. The minimum absolute atomic E-state index is 0.275. The van der Waals surface area contributed by atoms with Crippen LogP contribution in [0.3, 0.4) is 0 Å². The lowest BCUT2D eigenvalue weighted by Gasteiger charge is -2.19. The summed E-state index contributed by atoms with van der Waals surface area (Å²) in [6, 6.07) is 8.77. The molecule has 0 aliphatic heterocycles. The summed E-state index contributed by atoms with van der Waals surface area (Å²) < 4.78 is 0. The first-order chi connectivity index (χ1) is 9.54. The fourth-order valence-corrected chi connectivity index (χ4v) is 1.91. The molecule has 0 spiro atoms. The number of amides is 1. The molecule has 0 aromatic heterocycles. The molecule has 110 valence electrons. The number of rotatable bonds is 8. The standard InChI is InChI=1S/C15H21NO4/c1-11(18)15(13(19)10-17)16-14(20)9-5-8-12-6-3-2-4-7-12/h2-4,6-7,11,15,17-18H,5,8-10H2,1H3,(H,16,20)/t11-,15+/m1/s1. The van der Waals surface area contributed by atoms with E-state index >= 15 is 0 Å². The molecule has 0 aliphatic carbocycles. The molecule has 5 nitrogen and oxygen atoms in total. The fourth-order valence-electron chi connectivity index (χ4n) is 1.91. The number of aliphatic hydroxyl groups is 2. The average Bonchev–Trinajstić information content (AvgIpc) is 2.45. The highest BCUT2D eigenvalue weighted by Crippen LogP contribution is 2.05. The number of aryl methyl sites for hydroxylation is 1. The lowest BCUT2D eigenvalue weighted by atomic mass is 10.1. The molecule has 2 atom stereocenters. The van der Waals surface area contributed by atoms with Crippen molar-refractivity contribution in [3.63, 3.8) is 0 Å². The first-order valence-corrected chi connectivity index (χ1v) is 6.69. The molecule has 5 heteroatoms. The minimum atomic E-state index is -1.04. The third kappa shape index (κ3) is 5.50. The Morgan fingerprint density at radius 1 is 1.25 bits per heavy atom. The van der Waals surface area contributed by atoms with E-state index in [2.05, 4.69) is 5.32 Å². The van der Waals surface area contributed by atoms with Gasteiger partial charge >= 0.3 is 0 Å². The van der Waals surface area contributed by atoms with Crippen molar-refractivity contribution in [3.05, 3.63) is 35.9 Å². The first-order valence-electron chi connectivity index (χ1n) is 6.69. The Hall–Kier alpha value is -1.72. The number of nitrogens with one attached hydrogen (secondary N) is 1. The van der Waals surface area contributed by atoms with Crippen molar-refractivity contribution in [1.29, 1.82) is 0 Å². The number of carbonyl (C=O) groups is 2. The highest BCUT2D eigenvalue weighted by molar-refractivity contribution is 5.90. The quantitative estimate of drug-likeness (QED) is 0.644. The Morgan fingerprint density at radius 3 is 2.45 bits per heavy atom. The molecule has 0 unspecified atom stereocenters. The third-order valence-corrected chi connectivity index (χ3v) is 3.01. The molecule has 20 heavy (non-hydrogen) atoms. The van der Waals surface area contributed by atoms with Crippen LogP contribution in [0.1, 0.15) is 25.3 Å². The van der Waals surface area contributed by atoms with Gasteiger partial charge in [-0.25, -0.2) is 0 Å². The predicted octanol–water partition coefficient (Wildman–Crippen LogP) is 0.436. The largest absolute Gasteiger partial charge is 0.391 e. The summed E-state index contributed by atoms with van der Waals surface area (Å²) in [7, 11) is 0. The van der Waals surface area contributed by atoms with Crippen molar-refractivity contribution < 1.29 is 19.8 Å². The summed E-state index contributed by atoms with van der Waals surface area (Å²) in [5.41, 5.74) is 1.15. The van der Waals surface area contributed by atoms with E-state index in [0.717, 1.165) is 12.0 Å². The summed E-state index contributed by atoms with van der Waals surface area (Å²) in [4.78, 5) is 23.1. The van der Waals surface area contributed by atoms with Crippen molar-refractivity contribution in [1.82, 2.24) is 5.32 Å². The highest BCUT2D eigenvalue weighted by Gasteiger charge is 2.24. The zero-order valence-electron chi connectivity index (χ0n) is 11.6. The Labute approximate surface area is 118 Å². The van der Waals surface area contributed by atoms with E-state index in [1.54, 1.807) is 0 Å². The van der Waals surface area contributed by atoms with Gasteiger partial charge in [-0.2, -0.15) is 0 Å². The van der Waals surface area contributed by atoms with Gasteiger partial charge < -0.3 is 15.5 Å². The van der Waals surface area contributed by atoms with E-state index in [4.69, 9.17) is 5.11 Å². The fraction of sp³-hybridized carbons (Fsp3) is 0.467. The normalized spacial score (nSPS) is 13.6. The van der Waals surface area contributed by atoms with Crippen molar-refractivity contribution in [2.24, 2.45) is 0 Å². The maximum atomic E-state index is 11.7. The molecule has 1 amide bonds. The molecule has 1 aromatic rings. The molecule has 1 aromatic carbocycles. The van der Waals surface area contributed by atoms with Crippen LogP contribution in [-0.4, -0.2) is 40.7 Å². The van der Waals surface area contributed by atoms with Gasteiger partial charge in [0.1, 0.15) is 12.6 Å². The zero-order valence-corrected chi connectivity index (χ0v) is 11.6. The van der Waals surface area contributed by atoms with E-state index < -0.39 is 24.5 Å². The van der Waals surface area contributed by atoms with Crippen LogP contribution in [0, 0.1) is 0 Å². The van der Waals surface area contributed by atoms with Crippen molar-refractivity contribution in [3.8, 4) is 0 Å². The van der Waals surface area contributed by atoms with Gasteiger partial charge in [-0.1, -0.05) is 30.3 Å². The van der Waals surface area contributed by atoms with Gasteiger partial charge in [-0.15, -0.1) is 0 Å². The monoisotopic (exact) mass is 279 g/mol. The molecular formula is C15H21NO4. The number of hydrogen-bond donors (Lipinski definition) is 3. The lowest BCUT2D eigenvalue weighted by Crippen LogP contribution is -2.48. The molecule has 1 rings (SSSR count). The van der Waals surface area contributed by atoms with Crippen LogP contribution in [0.15, 0.2) is 30.3 Å². The second kappa shape index (κ2) is 8.45. The molecule has 3 N–H and O–H groups in total. The van der Waals surface area contributed by atoms with Gasteiger partial charge in [0.25, 0.3) is 0 Å². The Kier molecular flexibility index (Phi) is 6.90. The molecule has 0 bridgehead atoms. The van der Waals surface area contributed by atoms with Gasteiger partial charge in [0.05, 0.1) is 6.10 Å². The maximum Gasteiger partial charge on any atom is 0.220 e. The number of benzene rings is 1. The maximum absolute atomic E-state index is 11.7. The van der Waals surface area contributed by atoms with Crippen LogP contribution in [0.2, 0.25) is 0 Å². The van der Waals surface area contributed by atoms with E-state index in [0.29, 0.717) is 6.42 Å². The Bertz CT molecular complexity index is 431. The van der Waals surface area contributed by atoms with Crippen LogP contribution in [-0.2, 0) is 16.0 Å². The van der Waals surface area contributed by atoms with Gasteiger partial charge in [0.15, 0.2) is 5.78 Å². The van der Waals surface area contributed by atoms with Crippen LogP contribution in [0.25, 0.3) is 0 Å². The van der Waals surface area contributed by atoms with Gasteiger partial charge in [0.2, 0.25) is 5.91 Å². The van der Waals surface area contributed by atoms with Crippen molar-refractivity contribution >= 4 is 11.7 Å². The molecule has 0 saturated carbocycles. The van der Waals surface area contributed by atoms with Crippen LogP contribution in [0.5, 0.6) is 0 Å². The van der Waals surface area contributed by atoms with Gasteiger partial charge in [0, 0.05) is 6.42 Å². The van der Waals surface area contributed by atoms with E-state index in [9.17, 15) is 14.7 Å². The van der Waals surface area contributed by atoms with Gasteiger partial charge in [-0.3, -0.25) is 9.59 Å². The number of ketones is 1. The number of Topliss-reactive ketones (excluding diaryl/α,β-unsaturated/α-hetero) is 1. The van der Waals surface area contributed by atoms with E-state index in [1.807, 2.05) is 30.3 Å². The second-order valence-corrected chi connectivity index (χ2v) is 4.75. The number of carbonyl (C=O) groups excluding carboxylic acids is 2. The molecule has 0 heterocycles. The minimum Gasteiger partial charge on any atom is -0.391 e. The number of aliphatic hydroxyl groups excluding tert-OH is 2. The van der Waals surface area contributed by atoms with Crippen molar-refractivity contribution in [2.45, 2.75) is 38.3 Å². The summed E-state index contributed by atoms with van der Waals surface area (Å²) in [5.74, 6) is -0.884. The molecular weight excluding hydrogens is 258 g/mol. The van der Waals surface area contributed by atoms with E-state index in [-0.39, 0.29) is 12.3 Å². The smallest absolute Gasteiger partial charge is 0.220 e. The Balaban J connectivity index is 2.37. The Morgan fingerprint density at radius 2 is 1.90 bits per heavy atom. The predicted molar refractivity (Wildman–Crippen MR) is 75.1 cm³/mol. The lowest BCUT2D eigenvalue weighted by molar-refractivity contribution is -0.131. The molecule has 0 fully saturated rings. The third-order valence-electron chi connectivity index (χ3n) is 3.01. The highest BCUT2D eigenvalue weighted by atomic mass is 16.3. The average molecular weight is 279 g/mol. The zero-order chi connectivity index (χ0) is 15.0. The summed E-state index contributed by atoms with van der Waals surface area (Å²) >= 11 is 0. The topological polar surface area (TPSA) is 86.6 Å². The summed E-state index contributed by atoms with van der Waals surface area (Å²) in [6.45, 7) is 0.711.